The molecule has 0 aliphatic rings. The van der Waals surface area contributed by atoms with E-state index in [1.165, 1.54) is 6.07 Å². The molecule has 8 heteroatoms. The minimum absolute atomic E-state index is 0.0817. The van der Waals surface area contributed by atoms with Gasteiger partial charge in [0.15, 0.2) is 0 Å². The highest BCUT2D eigenvalue weighted by atomic mass is 19.4. The van der Waals surface area contributed by atoms with Gasteiger partial charge in [0.1, 0.15) is 0 Å². The summed E-state index contributed by atoms with van der Waals surface area (Å²) in [5, 5.41) is 7.89. The van der Waals surface area contributed by atoms with Crippen molar-refractivity contribution in [3.05, 3.63) is 90.0 Å². The number of benzene rings is 3. The molecule has 0 saturated carbocycles. The number of nitrogens with one attached hydrogen (secondary N) is 3. The van der Waals surface area contributed by atoms with Gasteiger partial charge >= 0.3 is 12.2 Å². The minimum atomic E-state index is -4.46. The van der Waals surface area contributed by atoms with Crippen LogP contribution in [0.4, 0.5) is 35.0 Å². The SMILES string of the molecule is O=C(Nc1ccccc1)Nc1cccc(NC(=O)c2ccc(C(F)(F)F)cc2)c1. The zero-order valence-electron chi connectivity index (χ0n) is 15.0. The molecule has 3 N–H and O–H groups in total. The Hall–Kier alpha value is -3.81. The van der Waals surface area contributed by atoms with E-state index >= 15 is 0 Å². The van der Waals surface area contributed by atoms with Gasteiger partial charge in [-0.3, -0.25) is 4.79 Å². The number of hydrogen-bond acceptors (Lipinski definition) is 2. The van der Waals surface area contributed by atoms with Crippen LogP contribution in [0.3, 0.4) is 0 Å². The van der Waals surface area contributed by atoms with Crippen LogP contribution in [0.2, 0.25) is 0 Å². The average molecular weight is 399 g/mol. The molecule has 0 aliphatic carbocycles. The molecule has 0 fully saturated rings. The second-order valence-corrected chi connectivity index (χ2v) is 6.06. The van der Waals surface area contributed by atoms with Gasteiger partial charge in [-0.1, -0.05) is 24.3 Å². The summed E-state index contributed by atoms with van der Waals surface area (Å²) in [6.07, 6.45) is -4.46. The maximum Gasteiger partial charge on any atom is 0.416 e. The Bertz CT molecular complexity index is 1000. The lowest BCUT2D eigenvalue weighted by Crippen LogP contribution is -2.19. The zero-order chi connectivity index (χ0) is 20.9. The lowest BCUT2D eigenvalue weighted by molar-refractivity contribution is -0.137. The molecule has 0 saturated heterocycles. The van der Waals surface area contributed by atoms with Crippen molar-refractivity contribution in [3.8, 4) is 0 Å². The molecular formula is C21H16F3N3O2. The van der Waals surface area contributed by atoms with E-state index in [2.05, 4.69) is 16.0 Å². The molecule has 148 valence electrons. The first kappa shape index (κ1) is 19.9. The van der Waals surface area contributed by atoms with Crippen LogP contribution in [0.25, 0.3) is 0 Å². The van der Waals surface area contributed by atoms with Gasteiger partial charge in [-0.2, -0.15) is 13.2 Å². The molecule has 0 heterocycles. The van der Waals surface area contributed by atoms with E-state index in [1.54, 1.807) is 42.5 Å². The smallest absolute Gasteiger partial charge is 0.322 e. The van der Waals surface area contributed by atoms with Crippen molar-refractivity contribution in [2.24, 2.45) is 0 Å². The Labute approximate surface area is 164 Å². The van der Waals surface area contributed by atoms with Crippen LogP contribution in [0.1, 0.15) is 15.9 Å². The molecule has 0 atom stereocenters. The van der Waals surface area contributed by atoms with Crippen molar-refractivity contribution in [1.82, 2.24) is 0 Å². The fraction of sp³-hybridized carbons (Fsp3) is 0.0476. The standard InChI is InChI=1S/C21H16F3N3O2/c22-21(23,24)15-11-9-14(10-12-15)19(28)25-17-7-4-8-18(13-17)27-20(29)26-16-5-2-1-3-6-16/h1-13H,(H,25,28)(H2,26,27,29). The molecule has 3 aromatic carbocycles. The summed E-state index contributed by atoms with van der Waals surface area (Å²) in [6, 6.07) is 18.7. The molecule has 0 spiro atoms. The van der Waals surface area contributed by atoms with E-state index in [0.29, 0.717) is 17.1 Å². The zero-order valence-corrected chi connectivity index (χ0v) is 15.0. The number of anilines is 3. The maximum absolute atomic E-state index is 12.6. The topological polar surface area (TPSA) is 70.2 Å². The summed E-state index contributed by atoms with van der Waals surface area (Å²) in [5.74, 6) is -0.565. The van der Waals surface area contributed by atoms with E-state index in [1.807, 2.05) is 6.07 Å². The number of amides is 3. The van der Waals surface area contributed by atoms with Crippen molar-refractivity contribution in [2.75, 3.05) is 16.0 Å². The highest BCUT2D eigenvalue weighted by Crippen LogP contribution is 2.29. The largest absolute Gasteiger partial charge is 0.416 e. The van der Waals surface area contributed by atoms with E-state index in [9.17, 15) is 22.8 Å². The first-order valence-electron chi connectivity index (χ1n) is 8.53. The van der Waals surface area contributed by atoms with Gasteiger partial charge in [0.2, 0.25) is 0 Å². The van der Waals surface area contributed by atoms with Crippen LogP contribution < -0.4 is 16.0 Å². The van der Waals surface area contributed by atoms with Crippen molar-refractivity contribution in [1.29, 1.82) is 0 Å². The van der Waals surface area contributed by atoms with Gasteiger partial charge in [-0.05, 0) is 54.6 Å². The summed E-state index contributed by atoms with van der Waals surface area (Å²) >= 11 is 0. The van der Waals surface area contributed by atoms with Crippen LogP contribution in [0.15, 0.2) is 78.9 Å². The fourth-order valence-corrected chi connectivity index (χ4v) is 2.50. The van der Waals surface area contributed by atoms with Crippen LogP contribution in [0.5, 0.6) is 0 Å². The average Bonchev–Trinajstić information content (AvgIpc) is 2.68. The molecule has 0 unspecified atom stereocenters. The van der Waals surface area contributed by atoms with Crippen molar-refractivity contribution in [2.45, 2.75) is 6.18 Å². The molecular weight excluding hydrogens is 383 g/mol. The number of rotatable bonds is 4. The molecule has 0 aliphatic heterocycles. The van der Waals surface area contributed by atoms with Gasteiger partial charge in [0.25, 0.3) is 5.91 Å². The van der Waals surface area contributed by atoms with Crippen LogP contribution in [0, 0.1) is 0 Å². The number of hydrogen-bond donors (Lipinski definition) is 3. The summed E-state index contributed by atoms with van der Waals surface area (Å²) < 4.78 is 37.8. The number of carbonyl (C=O) groups excluding carboxylic acids is 2. The number of halogens is 3. The summed E-state index contributed by atoms with van der Waals surface area (Å²) in [4.78, 5) is 24.3. The highest BCUT2D eigenvalue weighted by molar-refractivity contribution is 6.05. The Morgan fingerprint density at radius 2 is 1.21 bits per heavy atom. The van der Waals surface area contributed by atoms with Crippen molar-refractivity contribution in [3.63, 3.8) is 0 Å². The van der Waals surface area contributed by atoms with E-state index < -0.39 is 23.7 Å². The minimum Gasteiger partial charge on any atom is -0.322 e. The van der Waals surface area contributed by atoms with Crippen LogP contribution in [-0.4, -0.2) is 11.9 Å². The molecule has 0 aromatic heterocycles. The second-order valence-electron chi connectivity index (χ2n) is 6.06. The monoisotopic (exact) mass is 399 g/mol. The summed E-state index contributed by atoms with van der Waals surface area (Å²) in [5.41, 5.74) is 0.690. The van der Waals surface area contributed by atoms with Crippen molar-refractivity contribution >= 4 is 29.0 Å². The number of carbonyl (C=O) groups is 2. The Morgan fingerprint density at radius 1 is 0.655 bits per heavy atom. The number of urea groups is 1. The third-order valence-electron chi connectivity index (χ3n) is 3.88. The Morgan fingerprint density at radius 3 is 1.83 bits per heavy atom. The third kappa shape index (κ3) is 5.58. The molecule has 0 bridgehead atoms. The van der Waals surface area contributed by atoms with Gasteiger partial charge in [0.05, 0.1) is 5.56 Å². The lowest BCUT2D eigenvalue weighted by Gasteiger charge is -2.11. The van der Waals surface area contributed by atoms with Crippen LogP contribution >= 0.6 is 0 Å². The quantitative estimate of drug-likeness (QED) is 0.534. The highest BCUT2D eigenvalue weighted by Gasteiger charge is 2.30. The molecule has 3 aromatic rings. The Balaban J connectivity index is 1.63. The summed E-state index contributed by atoms with van der Waals surface area (Å²) in [6.45, 7) is 0. The molecule has 0 radical (unpaired) electrons. The predicted octanol–water partition coefficient (Wildman–Crippen LogP) is 5.60. The van der Waals surface area contributed by atoms with E-state index in [-0.39, 0.29) is 5.56 Å². The van der Waals surface area contributed by atoms with E-state index in [4.69, 9.17) is 0 Å². The number of alkyl halides is 3. The Kier molecular flexibility index (Phi) is 5.82. The lowest BCUT2D eigenvalue weighted by atomic mass is 10.1. The predicted molar refractivity (Wildman–Crippen MR) is 105 cm³/mol. The van der Waals surface area contributed by atoms with Gasteiger partial charge < -0.3 is 16.0 Å². The molecule has 3 rings (SSSR count). The van der Waals surface area contributed by atoms with Crippen LogP contribution in [-0.2, 0) is 6.18 Å². The molecule has 3 amide bonds. The van der Waals surface area contributed by atoms with Gasteiger partial charge in [-0.25, -0.2) is 4.79 Å². The first-order chi connectivity index (χ1) is 13.8. The van der Waals surface area contributed by atoms with E-state index in [0.717, 1.165) is 24.3 Å². The summed E-state index contributed by atoms with van der Waals surface area (Å²) in [7, 11) is 0. The second kappa shape index (κ2) is 8.47. The van der Waals surface area contributed by atoms with Gasteiger partial charge in [-0.15, -0.1) is 0 Å². The fourth-order valence-electron chi connectivity index (χ4n) is 2.50. The molecule has 29 heavy (non-hydrogen) atoms. The first-order valence-corrected chi connectivity index (χ1v) is 8.53. The maximum atomic E-state index is 12.6. The molecule has 5 nitrogen and oxygen atoms in total. The number of para-hydroxylation sites is 1. The normalized spacial score (nSPS) is 10.9. The van der Waals surface area contributed by atoms with Gasteiger partial charge in [0, 0.05) is 22.6 Å². The third-order valence-corrected chi connectivity index (χ3v) is 3.88. The van der Waals surface area contributed by atoms with Crippen molar-refractivity contribution < 1.29 is 22.8 Å².